The monoisotopic (exact) mass is 896 g/mol. The summed E-state index contributed by atoms with van der Waals surface area (Å²) in [5.41, 5.74) is 3.30. The van der Waals surface area contributed by atoms with Crippen LogP contribution in [0.2, 0.25) is 0 Å². The molecule has 2 aromatic heterocycles. The van der Waals surface area contributed by atoms with E-state index in [1.54, 1.807) is 12.1 Å². The predicted molar refractivity (Wildman–Crippen MR) is 227 cm³/mol. The lowest BCUT2D eigenvalue weighted by atomic mass is 10.1. The van der Waals surface area contributed by atoms with Gasteiger partial charge < -0.3 is 9.80 Å². The second kappa shape index (κ2) is 18.4. The van der Waals surface area contributed by atoms with Crippen molar-refractivity contribution in [2.24, 2.45) is 0 Å². The van der Waals surface area contributed by atoms with Gasteiger partial charge in [-0.05, 0) is 92.6 Å². The van der Waals surface area contributed by atoms with E-state index in [9.17, 15) is 30.0 Å². The van der Waals surface area contributed by atoms with Crippen LogP contribution in [0.5, 0.6) is 0 Å². The van der Waals surface area contributed by atoms with Crippen molar-refractivity contribution in [2.45, 2.75) is 55.5 Å². The van der Waals surface area contributed by atoms with Gasteiger partial charge in [-0.25, -0.2) is 40.0 Å². The Bertz CT molecular complexity index is 2410. The third-order valence-corrected chi connectivity index (χ3v) is 15.9. The van der Waals surface area contributed by atoms with Gasteiger partial charge >= 0.3 is 0 Å². The number of sulfonamides is 2. The summed E-state index contributed by atoms with van der Waals surface area (Å²) in [5.74, 6) is 0.209. The average molecular weight is 897 g/mol. The molecule has 2 fully saturated rings. The Kier molecular flexibility index (Phi) is 13.3. The van der Waals surface area contributed by atoms with E-state index < -0.39 is 31.7 Å². The van der Waals surface area contributed by atoms with Crippen LogP contribution in [0.3, 0.4) is 0 Å². The minimum atomic E-state index is -3.70. The van der Waals surface area contributed by atoms with E-state index in [1.165, 1.54) is 85.8 Å². The highest BCUT2D eigenvalue weighted by atomic mass is 32.2. The summed E-state index contributed by atoms with van der Waals surface area (Å²) in [6.45, 7) is 8.43. The molecule has 12 nitrogen and oxygen atoms in total. The zero-order valence-electron chi connectivity index (χ0n) is 33.0. The molecule has 0 spiro atoms. The Morgan fingerprint density at radius 1 is 0.550 bits per heavy atom. The predicted octanol–water partition coefficient (Wildman–Crippen LogP) is 6.78. The van der Waals surface area contributed by atoms with Crippen molar-refractivity contribution in [1.29, 1.82) is 0 Å². The van der Waals surface area contributed by atoms with Crippen molar-refractivity contribution in [3.05, 3.63) is 143 Å². The van der Waals surface area contributed by atoms with Crippen molar-refractivity contribution in [3.63, 3.8) is 0 Å². The van der Waals surface area contributed by atoms with Crippen molar-refractivity contribution in [3.8, 4) is 0 Å². The molecule has 2 atom stereocenters. The van der Waals surface area contributed by atoms with Crippen LogP contribution in [0, 0.1) is 24.4 Å². The third kappa shape index (κ3) is 10.2. The summed E-state index contributed by atoms with van der Waals surface area (Å²) in [6.07, 6.45) is 1.18. The average Bonchev–Trinajstić information content (AvgIpc) is 3.90. The summed E-state index contributed by atoms with van der Waals surface area (Å²) in [5, 5.41) is 1.54. The van der Waals surface area contributed by atoms with Crippen molar-refractivity contribution < 1.29 is 30.0 Å². The molecule has 2 saturated heterocycles. The highest BCUT2D eigenvalue weighted by molar-refractivity contribution is 7.89. The minimum absolute atomic E-state index is 0.0849. The van der Waals surface area contributed by atoms with Crippen LogP contribution in [0.25, 0.3) is 0 Å². The highest BCUT2D eigenvalue weighted by Gasteiger charge is 2.36. The fraction of sp³-hybridized carbons (Fsp3) is 0.317. The first kappa shape index (κ1) is 43.3. The van der Waals surface area contributed by atoms with Crippen LogP contribution in [0.15, 0.2) is 107 Å². The number of rotatable bonds is 10. The maximum atomic E-state index is 13.2. The normalized spacial score (nSPS) is 18.0. The lowest BCUT2D eigenvalue weighted by Crippen LogP contribution is -2.54. The zero-order chi connectivity index (χ0) is 42.6. The van der Waals surface area contributed by atoms with Gasteiger partial charge in [0.1, 0.15) is 29.1 Å². The van der Waals surface area contributed by atoms with Crippen LogP contribution < -0.4 is 9.80 Å². The smallest absolute Gasteiger partial charge is 0.243 e. The van der Waals surface area contributed by atoms with Gasteiger partial charge in [-0.3, -0.25) is 0 Å². The Morgan fingerprint density at radius 2 is 0.900 bits per heavy atom. The number of aromatic nitrogens is 4. The molecule has 2 unspecified atom stereocenters. The molecule has 19 heteroatoms. The minimum Gasteiger partial charge on any atom is -0.344 e. The number of hydrogen-bond donors (Lipinski definition) is 0. The molecule has 60 heavy (non-hydrogen) atoms. The number of aryl methyl sites for hydroxylation is 1. The first-order chi connectivity index (χ1) is 28.6. The number of anilines is 2. The van der Waals surface area contributed by atoms with Gasteiger partial charge in [0, 0.05) is 87.3 Å². The molecule has 0 bridgehead atoms. The highest BCUT2D eigenvalue weighted by Crippen LogP contribution is 2.28. The molecule has 2 aliphatic rings. The first-order valence-electron chi connectivity index (χ1n) is 19.2. The topological polar surface area (TPSA) is 133 Å². The second-order valence-corrected chi connectivity index (χ2v) is 19.9. The molecule has 0 aliphatic carbocycles. The van der Waals surface area contributed by atoms with E-state index in [2.05, 4.69) is 54.8 Å². The summed E-state index contributed by atoms with van der Waals surface area (Å²) in [6, 6.07) is 23.9. The Balaban J connectivity index is 0.000000181. The van der Waals surface area contributed by atoms with Gasteiger partial charge in [-0.2, -0.15) is 17.4 Å². The Hall–Kier alpha value is -4.79. The van der Waals surface area contributed by atoms with Crippen molar-refractivity contribution in [1.82, 2.24) is 27.3 Å². The van der Waals surface area contributed by atoms with Gasteiger partial charge in [0.15, 0.2) is 0 Å². The van der Waals surface area contributed by atoms with Gasteiger partial charge in [-0.15, -0.1) is 0 Å². The summed E-state index contributed by atoms with van der Waals surface area (Å²) in [4.78, 5) is 13.5. The molecule has 0 radical (unpaired) electrons. The van der Waals surface area contributed by atoms with Gasteiger partial charge in [0.2, 0.25) is 30.3 Å². The number of hydrogen-bond acceptors (Lipinski definition) is 12. The van der Waals surface area contributed by atoms with E-state index in [4.69, 9.17) is 0 Å². The molecule has 4 aromatic carbocycles. The van der Waals surface area contributed by atoms with Crippen LogP contribution in [0.1, 0.15) is 42.2 Å². The maximum absolute atomic E-state index is 13.2. The number of nitrogens with zero attached hydrogens (tertiary/aromatic N) is 8. The van der Waals surface area contributed by atoms with Crippen LogP contribution in [-0.2, 0) is 32.9 Å². The van der Waals surface area contributed by atoms with Crippen molar-refractivity contribution in [2.75, 3.05) is 49.1 Å². The molecule has 4 heterocycles. The molecule has 8 rings (SSSR count). The SMILES string of the molecule is CC1CN(c2nc(Cc3ccc(F)cc3)ns2)CCN1S(=O)(=O)c1ccc(F)cc1.Cc1ccc(Cc2nsc(N3CCN(S(=O)(=O)c4ccc(F)cc4)C(C)C3)n2)cc1. The van der Waals surface area contributed by atoms with E-state index >= 15 is 0 Å². The van der Waals surface area contributed by atoms with Gasteiger partial charge in [0.25, 0.3) is 0 Å². The molecule has 6 aromatic rings. The summed E-state index contributed by atoms with van der Waals surface area (Å²) < 4.78 is 103. The Labute approximate surface area is 356 Å². The van der Waals surface area contributed by atoms with Crippen LogP contribution in [-0.4, -0.2) is 95.5 Å². The van der Waals surface area contributed by atoms with Gasteiger partial charge in [-0.1, -0.05) is 42.0 Å². The van der Waals surface area contributed by atoms with Crippen LogP contribution in [0.4, 0.5) is 23.4 Å². The van der Waals surface area contributed by atoms with Crippen molar-refractivity contribution >= 4 is 53.4 Å². The lowest BCUT2D eigenvalue weighted by Gasteiger charge is -2.38. The number of halogens is 3. The molecule has 0 saturated carbocycles. The van der Waals surface area contributed by atoms with E-state index in [0.717, 1.165) is 39.3 Å². The molecule has 2 aliphatic heterocycles. The number of piperazine rings is 2. The largest absolute Gasteiger partial charge is 0.344 e. The van der Waals surface area contributed by atoms with E-state index in [0.29, 0.717) is 57.9 Å². The fourth-order valence-corrected chi connectivity index (χ4v) is 11.7. The number of benzene rings is 4. The van der Waals surface area contributed by atoms with E-state index in [1.807, 2.05) is 18.7 Å². The summed E-state index contributed by atoms with van der Waals surface area (Å²) >= 11 is 2.61. The Morgan fingerprint density at radius 3 is 1.27 bits per heavy atom. The van der Waals surface area contributed by atoms with Crippen LogP contribution >= 0.6 is 23.1 Å². The lowest BCUT2D eigenvalue weighted by molar-refractivity contribution is 0.306. The van der Waals surface area contributed by atoms with Gasteiger partial charge in [0.05, 0.1) is 9.79 Å². The summed E-state index contributed by atoms with van der Waals surface area (Å²) in [7, 11) is -7.36. The maximum Gasteiger partial charge on any atom is 0.243 e. The standard InChI is InChI=1S/C21H23FN4O2S2.C20H20F2N4O2S2/c1-15-3-5-17(6-4-15)13-20-23-21(29-24-20)25-11-12-26(16(2)14-25)30(27,28)19-9-7-18(22)8-10-19;1-14-13-25(10-11-26(14)30(27,28)18-8-6-17(22)7-9-18)20-23-19(24-29-20)12-15-2-4-16(21)5-3-15/h3-10,16H,11-14H2,1-2H3;2-9,14H,10-13H2,1H3. The van der Waals surface area contributed by atoms with E-state index in [-0.39, 0.29) is 27.7 Å². The molecular formula is C41H43F3N8O4S4. The molecule has 316 valence electrons. The molecule has 0 amide bonds. The second-order valence-electron chi connectivity index (χ2n) is 14.7. The molecule has 0 N–H and O–H groups in total. The third-order valence-electron chi connectivity index (χ3n) is 10.2. The fourth-order valence-electron chi connectivity index (χ4n) is 6.99. The molecular weight excluding hydrogens is 854 g/mol. The quantitative estimate of drug-likeness (QED) is 0.145. The first-order valence-corrected chi connectivity index (χ1v) is 23.6. The zero-order valence-corrected chi connectivity index (χ0v) is 36.3.